The fourth-order valence-corrected chi connectivity index (χ4v) is 9.54. The van der Waals surface area contributed by atoms with Crippen LogP contribution in [0.15, 0.2) is 97.1 Å². The van der Waals surface area contributed by atoms with Gasteiger partial charge in [-0.2, -0.15) is 12.1 Å². The predicted molar refractivity (Wildman–Crippen MR) is 234 cm³/mol. The van der Waals surface area contributed by atoms with Crippen LogP contribution in [0.2, 0.25) is 13.1 Å². The summed E-state index contributed by atoms with van der Waals surface area (Å²) in [5, 5.41) is 8.43. The van der Waals surface area contributed by atoms with Crippen LogP contribution in [0.3, 0.4) is 0 Å². The first-order valence-electron chi connectivity index (χ1n) is 18.3. The summed E-state index contributed by atoms with van der Waals surface area (Å²) in [6.07, 6.45) is 0. The van der Waals surface area contributed by atoms with E-state index in [-0.39, 0.29) is 62.4 Å². The Balaban J connectivity index is 0.00000243. The van der Waals surface area contributed by atoms with Gasteiger partial charge in [-0.15, -0.1) is 68.3 Å². The van der Waals surface area contributed by atoms with E-state index >= 15 is 0 Å². The van der Waals surface area contributed by atoms with Crippen molar-refractivity contribution < 1.29 is 25.8 Å². The first-order chi connectivity index (χ1) is 22.5. The average Bonchev–Trinajstić information content (AvgIpc) is 3.65. The van der Waals surface area contributed by atoms with Crippen molar-refractivity contribution in [2.45, 2.75) is 118 Å². The monoisotopic (exact) mass is 872 g/mol. The van der Waals surface area contributed by atoms with Gasteiger partial charge in [-0.25, -0.2) is 0 Å². The second kappa shape index (κ2) is 14.8. The molecule has 0 nitrogen and oxygen atoms in total. The van der Waals surface area contributed by atoms with Crippen LogP contribution in [-0.2, 0) is 47.5 Å². The minimum absolute atomic E-state index is 0. The molecule has 6 aromatic carbocycles. The molecule has 0 amide bonds. The molecule has 0 aliphatic heterocycles. The van der Waals surface area contributed by atoms with Crippen molar-refractivity contribution >= 4 is 40.0 Å². The van der Waals surface area contributed by atoms with E-state index in [1.54, 1.807) is 0 Å². The summed E-state index contributed by atoms with van der Waals surface area (Å²) < 4.78 is 0. The van der Waals surface area contributed by atoms with Crippen molar-refractivity contribution in [3.05, 3.63) is 134 Å². The van der Waals surface area contributed by atoms with Crippen LogP contribution in [0.1, 0.15) is 105 Å². The molecule has 6 aromatic rings. The maximum Gasteiger partial charge on any atom is 4.00 e. The normalized spacial score (nSPS) is 12.7. The predicted octanol–water partition coefficient (Wildman–Crippen LogP) is 13.7. The Labute approximate surface area is 338 Å². The van der Waals surface area contributed by atoms with Crippen LogP contribution in [0.4, 0.5) is 0 Å². The van der Waals surface area contributed by atoms with Crippen molar-refractivity contribution in [2.24, 2.45) is 0 Å². The third kappa shape index (κ3) is 8.44. The number of benzene rings is 4. The molecule has 0 aromatic heterocycles. The molecule has 0 heterocycles. The van der Waals surface area contributed by atoms with Crippen molar-refractivity contribution in [3.8, 4) is 22.3 Å². The van der Waals surface area contributed by atoms with Crippen molar-refractivity contribution in [1.82, 2.24) is 0 Å². The summed E-state index contributed by atoms with van der Waals surface area (Å²) in [7, 11) is -2.03. The Morgan fingerprint density at radius 2 is 0.712 bits per heavy atom. The Kier molecular flexibility index (Phi) is 12.4. The quantitative estimate of drug-likeness (QED) is 0.122. The van der Waals surface area contributed by atoms with Gasteiger partial charge in [0.1, 0.15) is 0 Å². The molecule has 272 valence electrons. The summed E-state index contributed by atoms with van der Waals surface area (Å²) >= 11 is 0. The van der Waals surface area contributed by atoms with Crippen LogP contribution in [0.25, 0.3) is 43.8 Å². The molecule has 0 atom stereocenters. The molecule has 0 aliphatic carbocycles. The SMILES string of the molecule is CC(C)(C)c1cc(-c2cccc3[cH-]c([Si](C)(C)c4cc5c(-c6cc(C(C)(C)C)cc(C(C)(C)C)c6)cccc5[cH-]4)cc23)cc(C(C)(C)C)c1.[CH3-].[CH3-].[Hf+4]. The van der Waals surface area contributed by atoms with E-state index in [9.17, 15) is 0 Å². The van der Waals surface area contributed by atoms with E-state index in [0.29, 0.717) is 0 Å². The van der Waals surface area contributed by atoms with Gasteiger partial charge in [-0.1, -0.05) is 156 Å². The molecule has 0 saturated heterocycles. The molecule has 0 radical (unpaired) electrons. The second-order valence-electron chi connectivity index (χ2n) is 19.3. The molecule has 0 fully saturated rings. The number of hydrogen-bond acceptors (Lipinski definition) is 0. The van der Waals surface area contributed by atoms with Gasteiger partial charge in [-0.3, -0.25) is 0 Å². The molecular weight excluding hydrogens is 807 g/mol. The van der Waals surface area contributed by atoms with Gasteiger partial charge in [0, 0.05) is 0 Å². The largest absolute Gasteiger partial charge is 4.00 e. The zero-order valence-electron chi connectivity index (χ0n) is 35.2. The summed E-state index contributed by atoms with van der Waals surface area (Å²) in [6.45, 7) is 33.0. The summed E-state index contributed by atoms with van der Waals surface area (Å²) in [4.78, 5) is 0. The van der Waals surface area contributed by atoms with Crippen LogP contribution in [0.5, 0.6) is 0 Å². The molecule has 0 saturated carbocycles. The van der Waals surface area contributed by atoms with Gasteiger partial charge in [-0.05, 0) is 55.0 Å². The van der Waals surface area contributed by atoms with Crippen molar-refractivity contribution in [1.29, 1.82) is 0 Å². The maximum atomic E-state index is 2.53. The Bertz CT molecular complexity index is 1950. The van der Waals surface area contributed by atoms with E-state index in [2.05, 4.69) is 193 Å². The molecule has 0 bridgehead atoms. The van der Waals surface area contributed by atoms with Gasteiger partial charge in [0.15, 0.2) is 0 Å². The van der Waals surface area contributed by atoms with E-state index in [4.69, 9.17) is 0 Å². The van der Waals surface area contributed by atoms with E-state index in [0.717, 1.165) is 0 Å². The molecule has 0 unspecified atom stereocenters. The fourth-order valence-electron chi connectivity index (χ4n) is 7.16. The third-order valence-corrected chi connectivity index (χ3v) is 14.4. The van der Waals surface area contributed by atoms with E-state index in [1.807, 2.05) is 0 Å². The standard InChI is InChI=1S/C48H58Si.2CH3.Hf/c1-45(2,3)35-21-33(22-36(27-35)46(4,5)6)41-19-15-17-31-25-39(29-43(31)41)49(13,14)40-26-32-18-16-20-42(44(32)30-40)34-23-37(47(7,8)9)28-38(24-34)48(10,11)12;;;/h15-30H,1-14H3;2*1H3;/q-2;2*-1;+4. The first kappa shape index (κ1) is 43.6. The number of fused-ring (bicyclic) bond motifs is 2. The fraction of sp³-hybridized carbons (Fsp3) is 0.360. The maximum absolute atomic E-state index is 2.53. The van der Waals surface area contributed by atoms with Gasteiger partial charge >= 0.3 is 25.8 Å². The van der Waals surface area contributed by atoms with Crippen LogP contribution >= 0.6 is 0 Å². The van der Waals surface area contributed by atoms with Gasteiger partial charge < -0.3 is 14.9 Å². The van der Waals surface area contributed by atoms with Crippen LogP contribution < -0.4 is 10.4 Å². The zero-order chi connectivity index (χ0) is 35.9. The van der Waals surface area contributed by atoms with Gasteiger partial charge in [0.25, 0.3) is 0 Å². The molecule has 0 N–H and O–H groups in total. The Morgan fingerprint density at radius 1 is 0.423 bits per heavy atom. The minimum atomic E-state index is -2.03. The first-order valence-corrected chi connectivity index (χ1v) is 21.3. The topological polar surface area (TPSA) is 0 Å². The summed E-state index contributed by atoms with van der Waals surface area (Å²) in [6, 6.07) is 38.4. The summed E-state index contributed by atoms with van der Waals surface area (Å²) in [5.41, 5.74) is 11.3. The number of rotatable bonds is 4. The molecule has 52 heavy (non-hydrogen) atoms. The Hall–Kier alpha value is -2.81. The third-order valence-electron chi connectivity index (χ3n) is 10.9. The van der Waals surface area contributed by atoms with Crippen molar-refractivity contribution in [2.75, 3.05) is 0 Å². The second-order valence-corrected chi connectivity index (χ2v) is 23.7. The molecule has 0 aliphatic rings. The minimum Gasteiger partial charge on any atom is -0.358 e. The molecule has 2 heteroatoms. The van der Waals surface area contributed by atoms with E-state index < -0.39 is 8.07 Å². The average molecular weight is 872 g/mol. The molecule has 6 rings (SSSR count). The smallest absolute Gasteiger partial charge is 0.358 e. The van der Waals surface area contributed by atoms with Crippen LogP contribution in [-0.4, -0.2) is 8.07 Å². The zero-order valence-corrected chi connectivity index (χ0v) is 39.8. The Morgan fingerprint density at radius 3 is 0.981 bits per heavy atom. The van der Waals surface area contributed by atoms with Crippen molar-refractivity contribution in [3.63, 3.8) is 0 Å². The van der Waals surface area contributed by atoms with Crippen LogP contribution in [0, 0.1) is 14.9 Å². The van der Waals surface area contributed by atoms with Gasteiger partial charge in [0.2, 0.25) is 0 Å². The molecular formula is C50H64HfSi. The van der Waals surface area contributed by atoms with E-state index in [1.165, 1.54) is 76.4 Å². The molecule has 0 spiro atoms. The van der Waals surface area contributed by atoms with Gasteiger partial charge in [0.05, 0.1) is 8.07 Å². The summed E-state index contributed by atoms with van der Waals surface area (Å²) in [5.74, 6) is 0. The number of hydrogen-bond donors (Lipinski definition) is 0.